The molecule has 0 bridgehead atoms. The molecule has 1 atom stereocenters. The zero-order chi connectivity index (χ0) is 25.4. The van der Waals surface area contributed by atoms with Crippen LogP contribution in [0.3, 0.4) is 0 Å². The minimum absolute atomic E-state index is 0.00232. The lowest BCUT2D eigenvalue weighted by Gasteiger charge is -2.11. The SMILES string of the molecule is Cc1c(CC(=O)NC(C)C(=O)O)c2c(F)c(O)ccc2n1C(=O)c1ccc(OC(F)(F)F)cc1. The smallest absolute Gasteiger partial charge is 0.505 e. The predicted molar refractivity (Wildman–Crippen MR) is 110 cm³/mol. The molecule has 1 heterocycles. The number of halogens is 4. The highest BCUT2D eigenvalue weighted by Crippen LogP contribution is 2.34. The molecule has 2 aromatic carbocycles. The zero-order valence-electron chi connectivity index (χ0n) is 17.7. The molecule has 0 saturated carbocycles. The Hall–Kier alpha value is -4.09. The molecule has 0 aliphatic rings. The minimum atomic E-state index is -4.91. The van der Waals surface area contributed by atoms with E-state index in [1.54, 1.807) is 0 Å². The van der Waals surface area contributed by atoms with Crippen LogP contribution in [0.15, 0.2) is 36.4 Å². The Morgan fingerprint density at radius 1 is 1.12 bits per heavy atom. The largest absolute Gasteiger partial charge is 0.573 e. The second-order valence-electron chi connectivity index (χ2n) is 7.37. The van der Waals surface area contributed by atoms with E-state index in [1.165, 1.54) is 19.9 Å². The van der Waals surface area contributed by atoms with Gasteiger partial charge in [0.25, 0.3) is 5.91 Å². The van der Waals surface area contributed by atoms with Gasteiger partial charge in [-0.25, -0.2) is 4.39 Å². The molecule has 12 heteroatoms. The number of rotatable bonds is 6. The molecule has 8 nitrogen and oxygen atoms in total. The van der Waals surface area contributed by atoms with Gasteiger partial charge in [0.15, 0.2) is 11.6 Å². The predicted octanol–water partition coefficient (Wildman–Crippen LogP) is 3.51. The van der Waals surface area contributed by atoms with Crippen LogP contribution in [0.4, 0.5) is 17.6 Å². The van der Waals surface area contributed by atoms with Crippen molar-refractivity contribution in [2.24, 2.45) is 0 Å². The van der Waals surface area contributed by atoms with Gasteiger partial charge >= 0.3 is 12.3 Å². The molecule has 3 aromatic rings. The summed E-state index contributed by atoms with van der Waals surface area (Å²) in [7, 11) is 0. The fraction of sp³-hybridized carbons (Fsp3) is 0.227. The number of benzene rings is 2. The summed E-state index contributed by atoms with van der Waals surface area (Å²) in [6, 6.07) is 5.10. The van der Waals surface area contributed by atoms with E-state index in [9.17, 15) is 37.1 Å². The van der Waals surface area contributed by atoms with Gasteiger partial charge in [-0.15, -0.1) is 13.2 Å². The number of aromatic hydroxyl groups is 1. The van der Waals surface area contributed by atoms with Gasteiger partial charge in [0.1, 0.15) is 11.8 Å². The molecule has 1 amide bonds. The molecule has 3 N–H and O–H groups in total. The summed E-state index contributed by atoms with van der Waals surface area (Å²) < 4.78 is 56.8. The van der Waals surface area contributed by atoms with Crippen molar-refractivity contribution >= 4 is 28.7 Å². The average molecular weight is 482 g/mol. The number of aliphatic carboxylic acids is 1. The monoisotopic (exact) mass is 482 g/mol. The summed E-state index contributed by atoms with van der Waals surface area (Å²) >= 11 is 0. The number of ether oxygens (including phenoxy) is 1. The van der Waals surface area contributed by atoms with E-state index in [1.807, 2.05) is 0 Å². The number of hydrogen-bond donors (Lipinski definition) is 3. The summed E-state index contributed by atoms with van der Waals surface area (Å²) in [5.74, 6) is -5.15. The fourth-order valence-electron chi connectivity index (χ4n) is 3.45. The Bertz CT molecular complexity index is 1280. The van der Waals surface area contributed by atoms with Crippen molar-refractivity contribution < 1.29 is 46.9 Å². The van der Waals surface area contributed by atoms with Crippen molar-refractivity contribution in [2.75, 3.05) is 0 Å². The highest BCUT2D eigenvalue weighted by molar-refractivity contribution is 6.05. The number of aromatic nitrogens is 1. The normalized spacial score (nSPS) is 12.4. The Kier molecular flexibility index (Phi) is 6.53. The van der Waals surface area contributed by atoms with E-state index >= 15 is 0 Å². The number of carboxylic acids is 1. The maximum absolute atomic E-state index is 14.8. The van der Waals surface area contributed by atoms with Gasteiger partial charge in [0, 0.05) is 16.6 Å². The number of phenolic OH excluding ortho intramolecular Hbond substituents is 1. The highest BCUT2D eigenvalue weighted by Gasteiger charge is 2.31. The zero-order valence-corrected chi connectivity index (χ0v) is 17.7. The van der Waals surface area contributed by atoms with E-state index in [0.29, 0.717) is 0 Å². The molecule has 0 saturated heterocycles. The van der Waals surface area contributed by atoms with Crippen LogP contribution in [0.1, 0.15) is 28.5 Å². The fourth-order valence-corrected chi connectivity index (χ4v) is 3.45. The number of alkyl halides is 3. The first-order chi connectivity index (χ1) is 15.8. The molecule has 0 aliphatic heterocycles. The Balaban J connectivity index is 2.05. The van der Waals surface area contributed by atoms with Crippen molar-refractivity contribution in [1.29, 1.82) is 0 Å². The number of amides is 1. The lowest BCUT2D eigenvalue weighted by Crippen LogP contribution is -2.39. The van der Waals surface area contributed by atoms with Gasteiger partial charge in [-0.2, -0.15) is 0 Å². The Morgan fingerprint density at radius 3 is 2.29 bits per heavy atom. The minimum Gasteiger partial charge on any atom is -0.505 e. The number of hydrogen-bond acceptors (Lipinski definition) is 5. The first-order valence-corrected chi connectivity index (χ1v) is 9.74. The van der Waals surface area contributed by atoms with Crippen molar-refractivity contribution in [3.8, 4) is 11.5 Å². The van der Waals surface area contributed by atoms with Crippen molar-refractivity contribution in [1.82, 2.24) is 9.88 Å². The number of carbonyl (C=O) groups excluding carboxylic acids is 2. The lowest BCUT2D eigenvalue weighted by atomic mass is 10.1. The lowest BCUT2D eigenvalue weighted by molar-refractivity contribution is -0.274. The molecule has 0 spiro atoms. The van der Waals surface area contributed by atoms with Gasteiger partial charge in [-0.1, -0.05) is 0 Å². The first kappa shape index (κ1) is 24.6. The summed E-state index contributed by atoms with van der Waals surface area (Å²) in [4.78, 5) is 36.5. The number of nitrogens with zero attached hydrogens (tertiary/aromatic N) is 1. The summed E-state index contributed by atoms with van der Waals surface area (Å²) in [5, 5.41) is 20.8. The standard InChI is InChI=1S/C22H18F4N2O6/c1-10(21(32)33)27-17(30)9-14-11(2)28(15-7-8-16(29)19(23)18(14)15)20(31)12-3-5-13(6-4-12)34-22(24,25)26/h3-8,10,29H,9H2,1-2H3,(H,27,30)(H,32,33). The Morgan fingerprint density at radius 2 is 1.74 bits per heavy atom. The number of nitrogens with one attached hydrogen (secondary N) is 1. The van der Waals surface area contributed by atoms with Crippen LogP contribution < -0.4 is 10.1 Å². The molecule has 0 radical (unpaired) electrons. The van der Waals surface area contributed by atoms with Gasteiger partial charge in [-0.05, 0) is 55.8 Å². The molecular weight excluding hydrogens is 464 g/mol. The van der Waals surface area contributed by atoms with Gasteiger partial charge < -0.3 is 20.3 Å². The maximum atomic E-state index is 14.8. The van der Waals surface area contributed by atoms with Crippen LogP contribution in [0.5, 0.6) is 11.5 Å². The molecule has 34 heavy (non-hydrogen) atoms. The summed E-state index contributed by atoms with van der Waals surface area (Å²) in [6.07, 6.45) is -5.41. The second kappa shape index (κ2) is 9.04. The van der Waals surface area contributed by atoms with Crippen molar-refractivity contribution in [3.63, 3.8) is 0 Å². The van der Waals surface area contributed by atoms with E-state index in [4.69, 9.17) is 5.11 Å². The van der Waals surface area contributed by atoms with Crippen molar-refractivity contribution in [2.45, 2.75) is 32.7 Å². The molecule has 3 rings (SSSR count). The van der Waals surface area contributed by atoms with Crippen LogP contribution in [0.25, 0.3) is 10.9 Å². The third kappa shape index (κ3) is 4.95. The number of phenols is 1. The van der Waals surface area contributed by atoms with E-state index in [2.05, 4.69) is 10.1 Å². The second-order valence-corrected chi connectivity index (χ2v) is 7.37. The van der Waals surface area contributed by atoms with Gasteiger partial charge in [0.05, 0.1) is 11.9 Å². The van der Waals surface area contributed by atoms with Crippen LogP contribution >= 0.6 is 0 Å². The van der Waals surface area contributed by atoms with Gasteiger partial charge in [0.2, 0.25) is 5.91 Å². The molecular formula is C22H18F4N2O6. The van der Waals surface area contributed by atoms with Crippen LogP contribution in [0, 0.1) is 12.7 Å². The Labute approximate surface area is 189 Å². The van der Waals surface area contributed by atoms with E-state index in [0.717, 1.165) is 34.9 Å². The van der Waals surface area contributed by atoms with E-state index < -0.39 is 53.9 Å². The summed E-state index contributed by atoms with van der Waals surface area (Å²) in [6.45, 7) is 2.65. The molecule has 180 valence electrons. The van der Waals surface area contributed by atoms with Crippen LogP contribution in [-0.2, 0) is 16.0 Å². The molecule has 1 aromatic heterocycles. The first-order valence-electron chi connectivity index (χ1n) is 9.74. The summed E-state index contributed by atoms with van der Waals surface area (Å²) in [5.41, 5.74) is 0.100. The quantitative estimate of drug-likeness (QED) is 0.463. The number of carboxylic acid groups (broad SMARTS) is 1. The van der Waals surface area contributed by atoms with Crippen molar-refractivity contribution in [3.05, 3.63) is 59.0 Å². The number of fused-ring (bicyclic) bond motifs is 1. The average Bonchev–Trinajstić information content (AvgIpc) is 3.01. The number of carbonyl (C=O) groups is 3. The maximum Gasteiger partial charge on any atom is 0.573 e. The van der Waals surface area contributed by atoms with Crippen LogP contribution in [-0.4, -0.2) is 45.0 Å². The van der Waals surface area contributed by atoms with Crippen LogP contribution in [0.2, 0.25) is 0 Å². The topological polar surface area (TPSA) is 118 Å². The van der Waals surface area contributed by atoms with Gasteiger partial charge in [-0.3, -0.25) is 19.0 Å². The third-order valence-corrected chi connectivity index (χ3v) is 5.04. The third-order valence-electron chi connectivity index (χ3n) is 5.04. The highest BCUT2D eigenvalue weighted by atomic mass is 19.4. The molecule has 1 unspecified atom stereocenters. The molecule has 0 aliphatic carbocycles. The van der Waals surface area contributed by atoms with E-state index in [-0.39, 0.29) is 27.7 Å². The molecule has 0 fully saturated rings.